The number of ether oxygens (including phenoxy) is 2. The molecule has 29 heavy (non-hydrogen) atoms. The molecule has 2 aromatic rings. The summed E-state index contributed by atoms with van der Waals surface area (Å²) < 4.78 is 10.8. The van der Waals surface area contributed by atoms with E-state index in [2.05, 4.69) is 35.2 Å². The van der Waals surface area contributed by atoms with E-state index in [1.807, 2.05) is 17.0 Å². The van der Waals surface area contributed by atoms with Crippen molar-refractivity contribution in [3.05, 3.63) is 59.2 Å². The smallest absolute Gasteiger partial charge is 0.254 e. The number of carbonyl (C=O) groups is 1. The van der Waals surface area contributed by atoms with Crippen LogP contribution in [0.1, 0.15) is 34.3 Å². The van der Waals surface area contributed by atoms with Gasteiger partial charge in [-0.1, -0.05) is 30.3 Å². The molecule has 2 aliphatic rings. The minimum Gasteiger partial charge on any atom is -0.493 e. The Bertz CT molecular complexity index is 853. The molecule has 0 bridgehead atoms. The Balaban J connectivity index is 1.41. The first kappa shape index (κ1) is 19.8. The molecule has 1 unspecified atom stereocenters. The van der Waals surface area contributed by atoms with Crippen LogP contribution in [0.3, 0.4) is 0 Å². The first-order valence-electron chi connectivity index (χ1n) is 10.5. The molecule has 154 valence electrons. The highest BCUT2D eigenvalue weighted by molar-refractivity contribution is 5.97. The lowest BCUT2D eigenvalue weighted by Crippen LogP contribution is -2.45. The van der Waals surface area contributed by atoms with Crippen molar-refractivity contribution in [3.8, 4) is 11.5 Å². The van der Waals surface area contributed by atoms with Crippen LogP contribution in [0.25, 0.3) is 0 Å². The Morgan fingerprint density at radius 3 is 2.55 bits per heavy atom. The second kappa shape index (κ2) is 8.87. The van der Waals surface area contributed by atoms with E-state index < -0.39 is 0 Å². The van der Waals surface area contributed by atoms with E-state index in [-0.39, 0.29) is 5.91 Å². The van der Waals surface area contributed by atoms with Crippen LogP contribution in [0, 0.1) is 5.92 Å². The van der Waals surface area contributed by atoms with Crippen LogP contribution < -0.4 is 9.47 Å². The highest BCUT2D eigenvalue weighted by Crippen LogP contribution is 2.33. The number of carbonyl (C=O) groups excluding carboxylic acids is 1. The van der Waals surface area contributed by atoms with Crippen molar-refractivity contribution in [3.63, 3.8) is 0 Å². The molecule has 0 N–H and O–H groups in total. The topological polar surface area (TPSA) is 42.0 Å². The van der Waals surface area contributed by atoms with Gasteiger partial charge in [0.1, 0.15) is 0 Å². The average molecular weight is 395 g/mol. The number of rotatable bonds is 6. The molecule has 1 amide bonds. The highest BCUT2D eigenvalue weighted by Gasteiger charge is 2.30. The van der Waals surface area contributed by atoms with Crippen LogP contribution in [-0.4, -0.2) is 56.1 Å². The van der Waals surface area contributed by atoms with E-state index in [9.17, 15) is 4.79 Å². The molecule has 4 rings (SSSR count). The highest BCUT2D eigenvalue weighted by atomic mass is 16.5. The quantitative estimate of drug-likeness (QED) is 0.751. The van der Waals surface area contributed by atoms with Crippen LogP contribution in [0.5, 0.6) is 11.5 Å². The molecular weight excluding hydrogens is 364 g/mol. The third kappa shape index (κ3) is 4.40. The zero-order valence-electron chi connectivity index (χ0n) is 17.4. The van der Waals surface area contributed by atoms with Gasteiger partial charge in [-0.2, -0.15) is 0 Å². The van der Waals surface area contributed by atoms with Gasteiger partial charge in [0.25, 0.3) is 5.91 Å². The minimum absolute atomic E-state index is 0.118. The van der Waals surface area contributed by atoms with E-state index in [1.165, 1.54) is 18.4 Å². The summed E-state index contributed by atoms with van der Waals surface area (Å²) in [6.07, 6.45) is 3.25. The molecule has 2 aliphatic heterocycles. The van der Waals surface area contributed by atoms with Crippen LogP contribution in [0.15, 0.2) is 42.5 Å². The van der Waals surface area contributed by atoms with Crippen LogP contribution in [0.4, 0.5) is 0 Å². The summed E-state index contributed by atoms with van der Waals surface area (Å²) in [5.41, 5.74) is 3.17. The Morgan fingerprint density at radius 2 is 1.79 bits per heavy atom. The van der Waals surface area contributed by atoms with Gasteiger partial charge in [0.2, 0.25) is 0 Å². The summed E-state index contributed by atoms with van der Waals surface area (Å²) in [6.45, 7) is 4.79. The monoisotopic (exact) mass is 394 g/mol. The standard InChI is InChI=1S/C24H30N2O3/c1-28-22-13-20-10-12-26(24(27)21(20)14-23(22)29-2)17-19-9-6-11-25(16-19)15-18-7-4-3-5-8-18/h3-5,7-8,13-14,19H,6,9-12,15-17H2,1-2H3. The molecule has 1 fully saturated rings. The van der Waals surface area contributed by atoms with Gasteiger partial charge in [0, 0.05) is 31.7 Å². The van der Waals surface area contributed by atoms with E-state index in [0.717, 1.165) is 50.3 Å². The second-order valence-corrected chi connectivity index (χ2v) is 8.09. The van der Waals surface area contributed by atoms with Crippen LogP contribution >= 0.6 is 0 Å². The van der Waals surface area contributed by atoms with Crippen molar-refractivity contribution in [2.45, 2.75) is 25.8 Å². The summed E-state index contributed by atoms with van der Waals surface area (Å²) in [5.74, 6) is 1.95. The Kier molecular flexibility index (Phi) is 6.05. The fourth-order valence-corrected chi connectivity index (χ4v) is 4.63. The average Bonchev–Trinajstić information content (AvgIpc) is 2.76. The third-order valence-electron chi connectivity index (χ3n) is 6.11. The molecule has 5 nitrogen and oxygen atoms in total. The van der Waals surface area contributed by atoms with Crippen molar-refractivity contribution >= 4 is 5.91 Å². The third-order valence-corrected chi connectivity index (χ3v) is 6.11. The summed E-state index contributed by atoms with van der Waals surface area (Å²) in [4.78, 5) is 17.7. The summed E-state index contributed by atoms with van der Waals surface area (Å²) >= 11 is 0. The number of piperidine rings is 1. The maximum atomic E-state index is 13.1. The molecule has 1 atom stereocenters. The molecule has 2 heterocycles. The summed E-state index contributed by atoms with van der Waals surface area (Å²) in [5, 5.41) is 0. The molecule has 0 spiro atoms. The van der Waals surface area contributed by atoms with Gasteiger partial charge < -0.3 is 14.4 Å². The van der Waals surface area contributed by atoms with Crippen molar-refractivity contribution in [1.29, 1.82) is 0 Å². The molecule has 0 aliphatic carbocycles. The van der Waals surface area contributed by atoms with Crippen LogP contribution in [-0.2, 0) is 13.0 Å². The Hall–Kier alpha value is -2.53. The van der Waals surface area contributed by atoms with Gasteiger partial charge in [-0.25, -0.2) is 0 Å². The van der Waals surface area contributed by atoms with Gasteiger partial charge in [0.15, 0.2) is 11.5 Å². The van der Waals surface area contributed by atoms with E-state index in [1.54, 1.807) is 14.2 Å². The van der Waals surface area contributed by atoms with Crippen LogP contribution in [0.2, 0.25) is 0 Å². The van der Waals surface area contributed by atoms with Crippen molar-refractivity contribution in [2.75, 3.05) is 40.4 Å². The van der Waals surface area contributed by atoms with Gasteiger partial charge in [-0.05, 0) is 55.0 Å². The predicted molar refractivity (Wildman–Crippen MR) is 114 cm³/mol. The largest absolute Gasteiger partial charge is 0.493 e. The Labute approximate surface area is 173 Å². The van der Waals surface area contributed by atoms with Crippen molar-refractivity contribution < 1.29 is 14.3 Å². The molecule has 5 heteroatoms. The zero-order chi connectivity index (χ0) is 20.2. The summed E-state index contributed by atoms with van der Waals surface area (Å²) in [7, 11) is 3.24. The first-order chi connectivity index (χ1) is 14.2. The molecular formula is C24H30N2O3. The lowest BCUT2D eigenvalue weighted by Gasteiger charge is -2.37. The van der Waals surface area contributed by atoms with E-state index in [0.29, 0.717) is 17.4 Å². The maximum Gasteiger partial charge on any atom is 0.254 e. The van der Waals surface area contributed by atoms with E-state index >= 15 is 0 Å². The second-order valence-electron chi connectivity index (χ2n) is 8.09. The fraction of sp³-hybridized carbons (Fsp3) is 0.458. The van der Waals surface area contributed by atoms with Gasteiger partial charge in [0.05, 0.1) is 14.2 Å². The number of fused-ring (bicyclic) bond motifs is 1. The molecule has 1 saturated heterocycles. The molecule has 0 aromatic heterocycles. The van der Waals surface area contributed by atoms with Gasteiger partial charge in [-0.3, -0.25) is 9.69 Å². The lowest BCUT2D eigenvalue weighted by atomic mass is 9.93. The zero-order valence-corrected chi connectivity index (χ0v) is 17.4. The number of methoxy groups -OCH3 is 2. The minimum atomic E-state index is 0.118. The summed E-state index contributed by atoms with van der Waals surface area (Å²) in [6, 6.07) is 14.4. The molecule has 2 aromatic carbocycles. The number of likely N-dealkylation sites (tertiary alicyclic amines) is 1. The molecule has 0 saturated carbocycles. The predicted octanol–water partition coefficient (Wildman–Crippen LogP) is 3.61. The van der Waals surface area contributed by atoms with Crippen molar-refractivity contribution in [1.82, 2.24) is 9.80 Å². The SMILES string of the molecule is COc1cc2c(cc1OC)C(=O)N(CC1CCCN(Cc3ccccc3)C1)CC2. The fourth-order valence-electron chi connectivity index (χ4n) is 4.63. The lowest BCUT2D eigenvalue weighted by molar-refractivity contribution is 0.0656. The van der Waals surface area contributed by atoms with E-state index in [4.69, 9.17) is 9.47 Å². The van der Waals surface area contributed by atoms with Crippen molar-refractivity contribution in [2.24, 2.45) is 5.92 Å². The maximum absolute atomic E-state index is 13.1. The normalized spacial score (nSPS) is 19.7. The number of benzene rings is 2. The Morgan fingerprint density at radius 1 is 1.03 bits per heavy atom. The first-order valence-corrected chi connectivity index (χ1v) is 10.5. The molecule has 0 radical (unpaired) electrons. The van der Waals surface area contributed by atoms with Gasteiger partial charge >= 0.3 is 0 Å². The number of amides is 1. The number of hydrogen-bond donors (Lipinski definition) is 0. The number of hydrogen-bond acceptors (Lipinski definition) is 4. The van der Waals surface area contributed by atoms with Gasteiger partial charge in [-0.15, -0.1) is 0 Å². The number of nitrogens with zero attached hydrogens (tertiary/aromatic N) is 2.